The summed E-state index contributed by atoms with van der Waals surface area (Å²) in [5, 5.41) is 7.91. The van der Waals surface area contributed by atoms with Crippen molar-refractivity contribution in [1.29, 1.82) is 0 Å². The molecule has 4 aromatic rings. The van der Waals surface area contributed by atoms with Crippen molar-refractivity contribution in [3.63, 3.8) is 0 Å². The number of halogens is 2. The minimum atomic E-state index is -0.444. The molecule has 6 nitrogen and oxygen atoms in total. The van der Waals surface area contributed by atoms with E-state index in [0.29, 0.717) is 11.3 Å². The fourth-order valence-corrected chi connectivity index (χ4v) is 2.38. The SMILES string of the molecule is O=c1ccn(-c2cccc(F)c2)nc1-c1nc(-c2cccc(F)c2)no1. The molecule has 0 fully saturated rings. The van der Waals surface area contributed by atoms with Crippen molar-refractivity contribution < 1.29 is 13.3 Å². The van der Waals surface area contributed by atoms with Gasteiger partial charge >= 0.3 is 0 Å². The summed E-state index contributed by atoms with van der Waals surface area (Å²) in [5.74, 6) is -0.863. The minimum Gasteiger partial charge on any atom is -0.332 e. The van der Waals surface area contributed by atoms with Gasteiger partial charge in [0.25, 0.3) is 5.89 Å². The van der Waals surface area contributed by atoms with E-state index in [1.54, 1.807) is 12.1 Å². The standard InChI is InChI=1S/C18H10F2N4O2/c19-12-4-1-3-11(9-12)17-21-18(26-23-17)16-15(25)7-8-24(22-16)14-6-2-5-13(20)10-14/h1-10H. The fourth-order valence-electron chi connectivity index (χ4n) is 2.38. The molecule has 2 aromatic carbocycles. The Labute approximate surface area is 145 Å². The second kappa shape index (κ2) is 6.32. The molecule has 2 heterocycles. The first-order valence-corrected chi connectivity index (χ1v) is 7.56. The molecule has 0 atom stereocenters. The quantitative estimate of drug-likeness (QED) is 0.566. The molecule has 0 unspecified atom stereocenters. The Morgan fingerprint density at radius 2 is 1.73 bits per heavy atom. The van der Waals surface area contributed by atoms with E-state index < -0.39 is 17.1 Å². The first-order chi connectivity index (χ1) is 12.6. The number of nitrogens with zero attached hydrogens (tertiary/aromatic N) is 4. The molecule has 26 heavy (non-hydrogen) atoms. The first kappa shape index (κ1) is 15.8. The Hall–Kier alpha value is -3.68. The van der Waals surface area contributed by atoms with Crippen LogP contribution in [0.4, 0.5) is 8.78 Å². The molecular formula is C18H10F2N4O2. The Morgan fingerprint density at radius 3 is 2.50 bits per heavy atom. The minimum absolute atomic E-state index is 0.0908. The average Bonchev–Trinajstić information content (AvgIpc) is 3.12. The lowest BCUT2D eigenvalue weighted by molar-refractivity contribution is 0.429. The summed E-state index contributed by atoms with van der Waals surface area (Å²) in [6.45, 7) is 0. The van der Waals surface area contributed by atoms with Crippen molar-refractivity contribution in [1.82, 2.24) is 19.9 Å². The van der Waals surface area contributed by atoms with E-state index in [9.17, 15) is 13.6 Å². The topological polar surface area (TPSA) is 73.8 Å². The molecule has 0 spiro atoms. The maximum absolute atomic E-state index is 13.4. The zero-order valence-electron chi connectivity index (χ0n) is 13.1. The van der Waals surface area contributed by atoms with Crippen molar-refractivity contribution in [3.8, 4) is 28.7 Å². The molecular weight excluding hydrogens is 342 g/mol. The van der Waals surface area contributed by atoms with E-state index >= 15 is 0 Å². The molecule has 0 aliphatic carbocycles. The number of hydrogen-bond donors (Lipinski definition) is 0. The summed E-state index contributed by atoms with van der Waals surface area (Å²) < 4.78 is 33.2. The highest BCUT2D eigenvalue weighted by Gasteiger charge is 2.16. The van der Waals surface area contributed by atoms with Gasteiger partial charge in [0.15, 0.2) is 5.69 Å². The molecule has 2 aromatic heterocycles. The van der Waals surface area contributed by atoms with E-state index in [2.05, 4.69) is 15.2 Å². The molecule has 0 aliphatic heterocycles. The lowest BCUT2D eigenvalue weighted by Crippen LogP contribution is -2.12. The van der Waals surface area contributed by atoms with Gasteiger partial charge in [-0.3, -0.25) is 4.79 Å². The number of hydrogen-bond acceptors (Lipinski definition) is 5. The number of aromatic nitrogens is 4. The van der Waals surface area contributed by atoms with Gasteiger partial charge in [0.05, 0.1) is 5.69 Å². The highest BCUT2D eigenvalue weighted by atomic mass is 19.1. The smallest absolute Gasteiger partial charge is 0.282 e. The van der Waals surface area contributed by atoms with Gasteiger partial charge in [-0.1, -0.05) is 23.4 Å². The van der Waals surface area contributed by atoms with Crippen molar-refractivity contribution in [2.24, 2.45) is 0 Å². The predicted octanol–water partition coefficient (Wildman–Crippen LogP) is 3.23. The van der Waals surface area contributed by atoms with Crippen molar-refractivity contribution in [2.75, 3.05) is 0 Å². The normalized spacial score (nSPS) is 10.8. The summed E-state index contributed by atoms with van der Waals surface area (Å²) in [5.41, 5.74) is 0.302. The van der Waals surface area contributed by atoms with Crippen LogP contribution in [0.1, 0.15) is 0 Å². The largest absolute Gasteiger partial charge is 0.332 e. The first-order valence-electron chi connectivity index (χ1n) is 7.56. The summed E-state index contributed by atoms with van der Waals surface area (Å²) in [6, 6.07) is 12.7. The molecule has 4 rings (SSSR count). The van der Waals surface area contributed by atoms with Crippen LogP contribution in [0, 0.1) is 11.6 Å². The van der Waals surface area contributed by atoms with Crippen LogP contribution in [-0.4, -0.2) is 19.9 Å². The predicted molar refractivity (Wildman–Crippen MR) is 88.5 cm³/mol. The molecule has 8 heteroatoms. The number of benzene rings is 2. The van der Waals surface area contributed by atoms with Crippen LogP contribution in [0.15, 0.2) is 70.1 Å². The average molecular weight is 352 g/mol. The molecule has 0 aliphatic rings. The molecule has 0 N–H and O–H groups in total. The fraction of sp³-hybridized carbons (Fsp3) is 0. The van der Waals surface area contributed by atoms with Gasteiger partial charge in [-0.05, 0) is 30.3 Å². The second-order valence-electron chi connectivity index (χ2n) is 5.39. The molecule has 0 saturated carbocycles. The maximum Gasteiger partial charge on any atom is 0.282 e. The third-order valence-electron chi connectivity index (χ3n) is 3.59. The lowest BCUT2D eigenvalue weighted by atomic mass is 10.2. The van der Waals surface area contributed by atoms with Crippen LogP contribution >= 0.6 is 0 Å². The van der Waals surface area contributed by atoms with Crippen molar-refractivity contribution in [3.05, 3.63) is 82.7 Å². The van der Waals surface area contributed by atoms with Gasteiger partial charge in [-0.25, -0.2) is 13.5 Å². The Bertz CT molecular complexity index is 1150. The molecule has 0 radical (unpaired) electrons. The van der Waals surface area contributed by atoms with E-state index in [4.69, 9.17) is 4.52 Å². The lowest BCUT2D eigenvalue weighted by Gasteiger charge is -2.05. The highest BCUT2D eigenvalue weighted by molar-refractivity contribution is 5.57. The van der Waals surface area contributed by atoms with Gasteiger partial charge in [0.2, 0.25) is 11.3 Å². The number of rotatable bonds is 3. The van der Waals surface area contributed by atoms with Crippen LogP contribution in [-0.2, 0) is 0 Å². The zero-order chi connectivity index (χ0) is 18.1. The van der Waals surface area contributed by atoms with E-state index in [-0.39, 0.29) is 17.4 Å². The van der Waals surface area contributed by atoms with Crippen molar-refractivity contribution >= 4 is 0 Å². The summed E-state index contributed by atoms with van der Waals surface area (Å²) in [7, 11) is 0. The summed E-state index contributed by atoms with van der Waals surface area (Å²) in [4.78, 5) is 16.2. The third-order valence-corrected chi connectivity index (χ3v) is 3.59. The van der Waals surface area contributed by atoms with Gasteiger partial charge < -0.3 is 4.52 Å². The second-order valence-corrected chi connectivity index (χ2v) is 5.39. The maximum atomic E-state index is 13.4. The molecule has 0 bridgehead atoms. The monoisotopic (exact) mass is 352 g/mol. The molecule has 0 amide bonds. The van der Waals surface area contributed by atoms with E-state index in [1.165, 1.54) is 53.3 Å². The van der Waals surface area contributed by atoms with Crippen LogP contribution in [0.2, 0.25) is 0 Å². The third kappa shape index (κ3) is 3.00. The zero-order valence-corrected chi connectivity index (χ0v) is 13.1. The van der Waals surface area contributed by atoms with Gasteiger partial charge in [-0.15, -0.1) is 0 Å². The summed E-state index contributed by atoms with van der Waals surface area (Å²) in [6.07, 6.45) is 1.41. The van der Waals surface area contributed by atoms with E-state index in [1.807, 2.05) is 0 Å². The highest BCUT2D eigenvalue weighted by Crippen LogP contribution is 2.20. The Kier molecular flexibility index (Phi) is 3.85. The van der Waals surface area contributed by atoms with Gasteiger partial charge in [-0.2, -0.15) is 10.1 Å². The Balaban J connectivity index is 1.77. The molecule has 128 valence electrons. The van der Waals surface area contributed by atoms with Gasteiger partial charge in [0, 0.05) is 17.8 Å². The van der Waals surface area contributed by atoms with Crippen LogP contribution in [0.5, 0.6) is 0 Å². The molecule has 0 saturated heterocycles. The van der Waals surface area contributed by atoms with Crippen molar-refractivity contribution in [2.45, 2.75) is 0 Å². The Morgan fingerprint density at radius 1 is 0.962 bits per heavy atom. The van der Waals surface area contributed by atoms with E-state index in [0.717, 1.165) is 0 Å². The van der Waals surface area contributed by atoms with Crippen LogP contribution in [0.25, 0.3) is 28.7 Å². The van der Waals surface area contributed by atoms with Crippen LogP contribution in [0.3, 0.4) is 0 Å². The van der Waals surface area contributed by atoms with Crippen LogP contribution < -0.4 is 5.43 Å². The van der Waals surface area contributed by atoms with Gasteiger partial charge in [0.1, 0.15) is 11.6 Å². The summed E-state index contributed by atoms with van der Waals surface area (Å²) >= 11 is 0.